The highest BCUT2D eigenvalue weighted by Gasteiger charge is 2.35. The summed E-state index contributed by atoms with van der Waals surface area (Å²) in [7, 11) is 0. The predicted molar refractivity (Wildman–Crippen MR) is 93.5 cm³/mol. The van der Waals surface area contributed by atoms with E-state index < -0.39 is 0 Å². The molecule has 1 heterocycles. The third-order valence-corrected chi connectivity index (χ3v) is 5.51. The molecule has 0 bridgehead atoms. The van der Waals surface area contributed by atoms with E-state index in [-0.39, 0.29) is 11.6 Å². The van der Waals surface area contributed by atoms with Crippen LogP contribution in [0.25, 0.3) is 0 Å². The zero-order valence-corrected chi connectivity index (χ0v) is 15.2. The molecule has 0 radical (unpaired) electrons. The van der Waals surface area contributed by atoms with Crippen LogP contribution < -0.4 is 11.3 Å². The van der Waals surface area contributed by atoms with E-state index in [9.17, 15) is 0 Å². The van der Waals surface area contributed by atoms with E-state index in [2.05, 4.69) is 46.2 Å². The number of piperidine rings is 1. The molecule has 0 aliphatic carbocycles. The molecule has 0 spiro atoms. The van der Waals surface area contributed by atoms with Crippen LogP contribution in [-0.4, -0.2) is 29.6 Å². The number of nitrogens with one attached hydrogen (secondary N) is 1. The predicted octanol–water partition coefficient (Wildman–Crippen LogP) is 3.74. The fourth-order valence-corrected chi connectivity index (χ4v) is 3.86. The topological polar surface area (TPSA) is 41.3 Å². The number of nitrogens with two attached hydrogens (primary N) is 1. The van der Waals surface area contributed by atoms with Crippen LogP contribution in [0.1, 0.15) is 38.7 Å². The Kier molecular flexibility index (Phi) is 6.09. The first-order valence-corrected chi connectivity index (χ1v) is 8.77. The molecule has 0 saturated carbocycles. The second-order valence-corrected chi connectivity index (χ2v) is 7.68. The lowest BCUT2D eigenvalue weighted by Gasteiger charge is -2.46. The number of hydrazine groups is 1. The summed E-state index contributed by atoms with van der Waals surface area (Å²) < 4.78 is 1.00. The number of hydrogen-bond acceptors (Lipinski definition) is 3. The van der Waals surface area contributed by atoms with Crippen molar-refractivity contribution in [2.75, 3.05) is 13.1 Å². The fraction of sp³-hybridized carbons (Fsp3) is 0.625. The van der Waals surface area contributed by atoms with Crippen LogP contribution in [0.2, 0.25) is 5.02 Å². The highest BCUT2D eigenvalue weighted by Crippen LogP contribution is 2.28. The van der Waals surface area contributed by atoms with Crippen molar-refractivity contribution in [1.29, 1.82) is 0 Å². The summed E-state index contributed by atoms with van der Waals surface area (Å²) >= 11 is 9.80. The Morgan fingerprint density at radius 2 is 2.00 bits per heavy atom. The highest BCUT2D eigenvalue weighted by atomic mass is 79.9. The molecular weight excluding hydrogens is 350 g/mol. The van der Waals surface area contributed by atoms with Gasteiger partial charge in [-0.25, -0.2) is 0 Å². The van der Waals surface area contributed by atoms with Crippen LogP contribution in [0.5, 0.6) is 0 Å². The Labute approximate surface area is 141 Å². The quantitative estimate of drug-likeness (QED) is 0.609. The molecule has 0 amide bonds. The van der Waals surface area contributed by atoms with Crippen LogP contribution >= 0.6 is 27.5 Å². The largest absolute Gasteiger partial charge is 0.297 e. The maximum Gasteiger partial charge on any atom is 0.0449 e. The van der Waals surface area contributed by atoms with Gasteiger partial charge in [0, 0.05) is 21.1 Å². The average molecular weight is 375 g/mol. The SMILES string of the molecule is CC(C)(C(Cc1ccc(Br)cc1Cl)NN)N1CCCCC1. The second kappa shape index (κ2) is 7.42. The molecule has 1 unspecified atom stereocenters. The molecule has 1 aromatic rings. The van der Waals surface area contributed by atoms with E-state index in [0.717, 1.165) is 34.6 Å². The summed E-state index contributed by atoms with van der Waals surface area (Å²) in [5.41, 5.74) is 4.16. The lowest BCUT2D eigenvalue weighted by molar-refractivity contribution is 0.0611. The normalized spacial score (nSPS) is 18.7. The molecule has 1 aliphatic heterocycles. The van der Waals surface area contributed by atoms with E-state index in [1.165, 1.54) is 19.3 Å². The van der Waals surface area contributed by atoms with Crippen molar-refractivity contribution in [2.24, 2.45) is 5.84 Å². The van der Waals surface area contributed by atoms with Gasteiger partial charge in [0.1, 0.15) is 0 Å². The van der Waals surface area contributed by atoms with Gasteiger partial charge < -0.3 is 0 Å². The average Bonchev–Trinajstić information content (AvgIpc) is 2.47. The van der Waals surface area contributed by atoms with E-state index in [1.54, 1.807) is 0 Å². The number of rotatable bonds is 5. The number of hydrogen-bond donors (Lipinski definition) is 2. The molecule has 1 aromatic carbocycles. The zero-order valence-electron chi connectivity index (χ0n) is 12.8. The lowest BCUT2D eigenvalue weighted by atomic mass is 9.86. The standard InChI is InChI=1S/C16H25BrClN3/c1-16(2,21-8-4-3-5-9-21)15(20-19)10-12-6-7-13(17)11-14(12)18/h6-7,11,15,20H,3-5,8-10,19H2,1-2H3. The lowest BCUT2D eigenvalue weighted by Crippen LogP contribution is -2.61. The summed E-state index contributed by atoms with van der Waals surface area (Å²) in [6.07, 6.45) is 4.72. The minimum atomic E-state index is 0.00553. The van der Waals surface area contributed by atoms with Crippen molar-refractivity contribution in [3.63, 3.8) is 0 Å². The molecule has 3 nitrogen and oxygen atoms in total. The van der Waals surface area contributed by atoms with Crippen molar-refractivity contribution < 1.29 is 0 Å². The number of likely N-dealkylation sites (tertiary alicyclic amines) is 1. The van der Waals surface area contributed by atoms with Crippen LogP contribution in [0, 0.1) is 0 Å². The van der Waals surface area contributed by atoms with Gasteiger partial charge in [-0.2, -0.15) is 0 Å². The Morgan fingerprint density at radius 1 is 1.33 bits per heavy atom. The van der Waals surface area contributed by atoms with Crippen LogP contribution in [0.15, 0.2) is 22.7 Å². The van der Waals surface area contributed by atoms with Crippen molar-refractivity contribution in [3.05, 3.63) is 33.3 Å². The molecule has 1 atom stereocenters. The van der Waals surface area contributed by atoms with Crippen molar-refractivity contribution >= 4 is 27.5 Å². The van der Waals surface area contributed by atoms with Gasteiger partial charge in [0.2, 0.25) is 0 Å². The van der Waals surface area contributed by atoms with Crippen molar-refractivity contribution in [1.82, 2.24) is 10.3 Å². The van der Waals surface area contributed by atoms with Gasteiger partial charge in [-0.3, -0.25) is 16.2 Å². The Morgan fingerprint density at radius 3 is 2.57 bits per heavy atom. The monoisotopic (exact) mass is 373 g/mol. The third-order valence-electron chi connectivity index (χ3n) is 4.66. The van der Waals surface area contributed by atoms with E-state index >= 15 is 0 Å². The Hall–Kier alpha value is -0.130. The molecule has 3 N–H and O–H groups in total. The van der Waals surface area contributed by atoms with Gasteiger partial charge in [0.15, 0.2) is 0 Å². The zero-order chi connectivity index (χ0) is 15.5. The summed E-state index contributed by atoms with van der Waals surface area (Å²) in [5, 5.41) is 0.791. The second-order valence-electron chi connectivity index (χ2n) is 6.36. The van der Waals surface area contributed by atoms with E-state index in [1.807, 2.05) is 12.1 Å². The van der Waals surface area contributed by atoms with Crippen molar-refractivity contribution in [3.8, 4) is 0 Å². The van der Waals surface area contributed by atoms with Crippen molar-refractivity contribution in [2.45, 2.75) is 51.1 Å². The first-order valence-electron chi connectivity index (χ1n) is 7.60. The van der Waals surface area contributed by atoms with E-state index in [0.29, 0.717) is 0 Å². The van der Waals surface area contributed by atoms with Gasteiger partial charge in [0.25, 0.3) is 0 Å². The molecule has 1 fully saturated rings. The highest BCUT2D eigenvalue weighted by molar-refractivity contribution is 9.10. The number of benzene rings is 1. The molecule has 1 aliphatic rings. The Balaban J connectivity index is 2.14. The third kappa shape index (κ3) is 4.20. The fourth-order valence-electron chi connectivity index (χ4n) is 3.11. The summed E-state index contributed by atoms with van der Waals surface area (Å²) in [4.78, 5) is 2.55. The van der Waals surface area contributed by atoms with Crippen LogP contribution in [-0.2, 0) is 6.42 Å². The Bertz CT molecular complexity index is 473. The molecule has 118 valence electrons. The first-order chi connectivity index (χ1) is 9.95. The maximum absolute atomic E-state index is 6.35. The minimum Gasteiger partial charge on any atom is -0.297 e. The van der Waals surface area contributed by atoms with Gasteiger partial charge in [-0.05, 0) is 63.9 Å². The minimum absolute atomic E-state index is 0.00553. The first kappa shape index (κ1) is 17.2. The van der Waals surface area contributed by atoms with Gasteiger partial charge in [-0.1, -0.05) is 40.0 Å². The van der Waals surface area contributed by atoms with Gasteiger partial charge >= 0.3 is 0 Å². The molecule has 5 heteroatoms. The molecule has 0 aromatic heterocycles. The maximum atomic E-state index is 6.35. The molecular formula is C16H25BrClN3. The molecule has 2 rings (SSSR count). The van der Waals surface area contributed by atoms with Gasteiger partial charge in [-0.15, -0.1) is 0 Å². The van der Waals surface area contributed by atoms with Crippen LogP contribution in [0.3, 0.4) is 0 Å². The van der Waals surface area contributed by atoms with Gasteiger partial charge in [0.05, 0.1) is 0 Å². The number of nitrogens with zero attached hydrogens (tertiary/aromatic N) is 1. The molecule has 1 saturated heterocycles. The summed E-state index contributed by atoms with van der Waals surface area (Å²) in [5.74, 6) is 5.86. The molecule has 21 heavy (non-hydrogen) atoms. The van der Waals surface area contributed by atoms with E-state index in [4.69, 9.17) is 17.4 Å². The smallest absolute Gasteiger partial charge is 0.0449 e. The summed E-state index contributed by atoms with van der Waals surface area (Å²) in [6, 6.07) is 6.21. The van der Waals surface area contributed by atoms with Crippen LogP contribution in [0.4, 0.5) is 0 Å². The number of halogens is 2. The summed E-state index contributed by atoms with van der Waals surface area (Å²) in [6.45, 7) is 6.85.